The van der Waals surface area contributed by atoms with Crippen molar-refractivity contribution in [1.82, 2.24) is 15.5 Å². The van der Waals surface area contributed by atoms with E-state index in [4.69, 9.17) is 5.11 Å². The highest BCUT2D eigenvalue weighted by molar-refractivity contribution is 5.85. The van der Waals surface area contributed by atoms with Gasteiger partial charge in [0.1, 0.15) is 5.82 Å². The monoisotopic (exact) mass is 252 g/mol. The molecule has 0 unspecified atom stereocenters. The largest absolute Gasteiger partial charge is 0.476 e. The van der Waals surface area contributed by atoms with Crippen LogP contribution >= 0.6 is 0 Å². The van der Waals surface area contributed by atoms with E-state index >= 15 is 0 Å². The third-order valence-corrected chi connectivity index (χ3v) is 2.44. The molecule has 18 heavy (non-hydrogen) atoms. The maximum Gasteiger partial charge on any atom is 0.356 e. The normalized spacial score (nSPS) is 10.8. The van der Waals surface area contributed by atoms with Crippen LogP contribution in [-0.4, -0.2) is 40.8 Å². The molecule has 3 N–H and O–H groups in total. The lowest BCUT2D eigenvalue weighted by Gasteiger charge is -2.22. The number of carboxylic acid groups (broad SMARTS) is 1. The minimum absolute atomic E-state index is 0.0925. The fourth-order valence-electron chi connectivity index (χ4n) is 1.27. The molecule has 7 nitrogen and oxygen atoms in total. The minimum atomic E-state index is -1.13. The number of carboxylic acids is 1. The highest BCUT2D eigenvalue weighted by atomic mass is 16.4. The number of aromatic nitrogens is 2. The number of rotatable bonds is 5. The molecule has 0 aliphatic rings. The van der Waals surface area contributed by atoms with Gasteiger partial charge in [-0.3, -0.25) is 4.79 Å². The van der Waals surface area contributed by atoms with E-state index in [0.29, 0.717) is 12.4 Å². The quantitative estimate of drug-likeness (QED) is 0.699. The van der Waals surface area contributed by atoms with Crippen LogP contribution in [0.5, 0.6) is 0 Å². The SMILES string of the molecule is CNC(=O)C(C)(C)CNc1ccc(C(=O)O)nn1. The molecule has 7 heteroatoms. The molecule has 0 aliphatic carbocycles. The Bertz CT molecular complexity index is 442. The number of amides is 1. The standard InChI is InChI=1S/C11H16N4O3/c1-11(2,10(18)12-3)6-13-8-5-4-7(9(16)17)14-15-8/h4-5H,6H2,1-3H3,(H,12,18)(H,13,15)(H,16,17). The minimum Gasteiger partial charge on any atom is -0.476 e. The molecule has 0 radical (unpaired) electrons. The Balaban J connectivity index is 2.64. The number of hydrogen-bond donors (Lipinski definition) is 3. The van der Waals surface area contributed by atoms with Gasteiger partial charge >= 0.3 is 5.97 Å². The van der Waals surface area contributed by atoms with Crippen molar-refractivity contribution in [2.24, 2.45) is 5.41 Å². The van der Waals surface area contributed by atoms with E-state index in [0.717, 1.165) is 0 Å². The second-order valence-electron chi connectivity index (χ2n) is 4.43. The third-order valence-electron chi connectivity index (χ3n) is 2.44. The van der Waals surface area contributed by atoms with Gasteiger partial charge in [-0.1, -0.05) is 0 Å². The van der Waals surface area contributed by atoms with E-state index in [2.05, 4.69) is 20.8 Å². The van der Waals surface area contributed by atoms with Crippen molar-refractivity contribution in [2.75, 3.05) is 18.9 Å². The van der Waals surface area contributed by atoms with Crippen molar-refractivity contribution in [2.45, 2.75) is 13.8 Å². The average Bonchev–Trinajstić information content (AvgIpc) is 2.35. The molecule has 0 aliphatic heterocycles. The van der Waals surface area contributed by atoms with Gasteiger partial charge in [0, 0.05) is 13.6 Å². The number of nitrogens with one attached hydrogen (secondary N) is 2. The van der Waals surface area contributed by atoms with E-state index in [1.54, 1.807) is 20.9 Å². The Morgan fingerprint density at radius 2 is 2.00 bits per heavy atom. The molecule has 1 aromatic rings. The fraction of sp³-hybridized carbons (Fsp3) is 0.455. The molecule has 0 fully saturated rings. The fourth-order valence-corrected chi connectivity index (χ4v) is 1.27. The third kappa shape index (κ3) is 3.41. The summed E-state index contributed by atoms with van der Waals surface area (Å²) in [5, 5.41) is 21.4. The molecular formula is C11H16N4O3. The molecule has 1 aromatic heterocycles. The molecule has 98 valence electrons. The summed E-state index contributed by atoms with van der Waals surface area (Å²) in [6.45, 7) is 3.95. The zero-order chi connectivity index (χ0) is 13.8. The zero-order valence-electron chi connectivity index (χ0n) is 10.5. The van der Waals surface area contributed by atoms with E-state index in [1.165, 1.54) is 12.1 Å². The van der Waals surface area contributed by atoms with Gasteiger partial charge in [0.2, 0.25) is 5.91 Å². The molecule has 0 spiro atoms. The van der Waals surface area contributed by atoms with Gasteiger partial charge in [-0.05, 0) is 26.0 Å². The van der Waals surface area contributed by atoms with Crippen molar-refractivity contribution in [3.8, 4) is 0 Å². The highest BCUT2D eigenvalue weighted by Crippen LogP contribution is 2.15. The Hall–Kier alpha value is -2.18. The van der Waals surface area contributed by atoms with Crippen LogP contribution in [0, 0.1) is 5.41 Å². The molecule has 0 atom stereocenters. The van der Waals surface area contributed by atoms with Crippen molar-refractivity contribution < 1.29 is 14.7 Å². The molecule has 1 amide bonds. The summed E-state index contributed by atoms with van der Waals surface area (Å²) in [5.74, 6) is -0.790. The first-order valence-electron chi connectivity index (χ1n) is 5.40. The van der Waals surface area contributed by atoms with Crippen LogP contribution in [0.25, 0.3) is 0 Å². The molecule has 0 aromatic carbocycles. The summed E-state index contributed by atoms with van der Waals surface area (Å²) >= 11 is 0. The average molecular weight is 252 g/mol. The van der Waals surface area contributed by atoms with Gasteiger partial charge in [-0.15, -0.1) is 10.2 Å². The van der Waals surface area contributed by atoms with Gasteiger partial charge < -0.3 is 15.7 Å². The van der Waals surface area contributed by atoms with Crippen LogP contribution in [-0.2, 0) is 4.79 Å². The molecule has 0 saturated heterocycles. The van der Waals surface area contributed by atoms with Gasteiger partial charge in [0.05, 0.1) is 5.41 Å². The molecular weight excluding hydrogens is 236 g/mol. The van der Waals surface area contributed by atoms with E-state index in [-0.39, 0.29) is 11.6 Å². The number of carbonyl (C=O) groups is 2. The Morgan fingerprint density at radius 1 is 1.33 bits per heavy atom. The smallest absolute Gasteiger partial charge is 0.356 e. The van der Waals surface area contributed by atoms with E-state index in [1.807, 2.05) is 0 Å². The predicted octanol–water partition coefficient (Wildman–Crippen LogP) is 0.359. The van der Waals surface area contributed by atoms with E-state index in [9.17, 15) is 9.59 Å². The Labute approximate surface area is 105 Å². The number of aromatic carboxylic acids is 1. The summed E-state index contributed by atoms with van der Waals surface area (Å²) in [6, 6.07) is 2.86. The van der Waals surface area contributed by atoms with Gasteiger partial charge in [-0.25, -0.2) is 4.79 Å². The van der Waals surface area contributed by atoms with Crippen LogP contribution in [0.15, 0.2) is 12.1 Å². The highest BCUT2D eigenvalue weighted by Gasteiger charge is 2.26. The first-order valence-corrected chi connectivity index (χ1v) is 5.40. The summed E-state index contributed by atoms with van der Waals surface area (Å²) in [6.07, 6.45) is 0. The second-order valence-corrected chi connectivity index (χ2v) is 4.43. The number of nitrogens with zero attached hydrogens (tertiary/aromatic N) is 2. The molecule has 1 rings (SSSR count). The van der Waals surface area contributed by atoms with Gasteiger partial charge in [0.25, 0.3) is 0 Å². The Kier molecular flexibility index (Phi) is 4.19. The number of carbonyl (C=O) groups excluding carboxylic acids is 1. The van der Waals surface area contributed by atoms with Crippen LogP contribution in [0.2, 0.25) is 0 Å². The zero-order valence-corrected chi connectivity index (χ0v) is 10.5. The maximum absolute atomic E-state index is 11.5. The van der Waals surface area contributed by atoms with Crippen molar-refractivity contribution >= 4 is 17.7 Å². The van der Waals surface area contributed by atoms with Crippen LogP contribution in [0.4, 0.5) is 5.82 Å². The predicted molar refractivity (Wildman–Crippen MR) is 65.3 cm³/mol. The lowest BCUT2D eigenvalue weighted by molar-refractivity contribution is -0.128. The Morgan fingerprint density at radius 3 is 2.44 bits per heavy atom. The van der Waals surface area contributed by atoms with Crippen molar-refractivity contribution in [1.29, 1.82) is 0 Å². The lowest BCUT2D eigenvalue weighted by Crippen LogP contribution is -2.39. The van der Waals surface area contributed by atoms with Crippen LogP contribution in [0.1, 0.15) is 24.3 Å². The molecule has 0 saturated carbocycles. The summed E-state index contributed by atoms with van der Waals surface area (Å²) in [7, 11) is 1.57. The first-order chi connectivity index (χ1) is 8.36. The lowest BCUT2D eigenvalue weighted by atomic mass is 9.92. The topological polar surface area (TPSA) is 104 Å². The number of hydrogen-bond acceptors (Lipinski definition) is 5. The van der Waals surface area contributed by atoms with E-state index < -0.39 is 11.4 Å². The first kappa shape index (κ1) is 13.9. The number of anilines is 1. The summed E-state index contributed by atoms with van der Waals surface area (Å²) in [4.78, 5) is 22.1. The summed E-state index contributed by atoms with van der Waals surface area (Å²) in [5.41, 5.74) is -0.715. The van der Waals surface area contributed by atoms with Gasteiger partial charge in [0.15, 0.2) is 5.69 Å². The second kappa shape index (κ2) is 5.44. The van der Waals surface area contributed by atoms with Crippen LogP contribution < -0.4 is 10.6 Å². The maximum atomic E-state index is 11.5. The molecule has 0 bridgehead atoms. The molecule has 1 heterocycles. The van der Waals surface area contributed by atoms with Gasteiger partial charge in [-0.2, -0.15) is 0 Å². The summed E-state index contributed by atoms with van der Waals surface area (Å²) < 4.78 is 0. The van der Waals surface area contributed by atoms with Crippen molar-refractivity contribution in [3.05, 3.63) is 17.8 Å². The van der Waals surface area contributed by atoms with Crippen LogP contribution in [0.3, 0.4) is 0 Å². The van der Waals surface area contributed by atoms with Crippen molar-refractivity contribution in [3.63, 3.8) is 0 Å².